The molecule has 18 heavy (non-hydrogen) atoms. The maximum absolute atomic E-state index is 6.11. The summed E-state index contributed by atoms with van der Waals surface area (Å²) in [6, 6.07) is 8.39. The smallest absolute Gasteiger partial charge is 0.0706 e. The van der Waals surface area contributed by atoms with Gasteiger partial charge < -0.3 is 5.32 Å². The fraction of sp³-hybridized carbons (Fsp3) is 0.357. The second kappa shape index (κ2) is 4.84. The largest absolute Gasteiger partial charge is 0.314 e. The van der Waals surface area contributed by atoms with E-state index in [1.165, 1.54) is 5.56 Å². The molecule has 0 bridgehead atoms. The number of fused-ring (bicyclic) bond motifs is 1. The van der Waals surface area contributed by atoms with Crippen LogP contribution in [0.5, 0.6) is 0 Å². The van der Waals surface area contributed by atoms with Crippen molar-refractivity contribution in [2.75, 3.05) is 26.7 Å². The maximum atomic E-state index is 6.11. The first-order chi connectivity index (χ1) is 8.75. The first-order valence-electron chi connectivity index (χ1n) is 6.21. The van der Waals surface area contributed by atoms with E-state index in [0.29, 0.717) is 6.04 Å². The number of benzene rings is 1. The molecule has 1 aromatic heterocycles. The van der Waals surface area contributed by atoms with Crippen LogP contribution in [-0.4, -0.2) is 36.6 Å². The van der Waals surface area contributed by atoms with Crippen molar-refractivity contribution in [3.05, 3.63) is 41.0 Å². The quantitative estimate of drug-likeness (QED) is 0.855. The zero-order valence-electron chi connectivity index (χ0n) is 10.4. The molecule has 0 amide bonds. The van der Waals surface area contributed by atoms with Crippen LogP contribution < -0.4 is 5.32 Å². The van der Waals surface area contributed by atoms with E-state index < -0.39 is 0 Å². The molecule has 1 aliphatic rings. The lowest BCUT2D eigenvalue weighted by atomic mass is 10.00. The summed E-state index contributed by atoms with van der Waals surface area (Å²) in [5, 5.41) is 5.37. The van der Waals surface area contributed by atoms with Gasteiger partial charge in [0.2, 0.25) is 0 Å². The van der Waals surface area contributed by atoms with E-state index in [-0.39, 0.29) is 0 Å². The molecular formula is C14H16ClN3. The van der Waals surface area contributed by atoms with Crippen molar-refractivity contribution < 1.29 is 0 Å². The van der Waals surface area contributed by atoms with Crippen LogP contribution in [0.2, 0.25) is 5.02 Å². The summed E-state index contributed by atoms with van der Waals surface area (Å²) in [5.41, 5.74) is 2.31. The average Bonchev–Trinajstić information content (AvgIpc) is 2.39. The average molecular weight is 262 g/mol. The number of pyridine rings is 1. The highest BCUT2D eigenvalue weighted by Crippen LogP contribution is 2.29. The molecule has 1 atom stereocenters. The first-order valence-corrected chi connectivity index (χ1v) is 6.58. The van der Waals surface area contributed by atoms with Crippen LogP contribution in [0.1, 0.15) is 11.6 Å². The van der Waals surface area contributed by atoms with Crippen molar-refractivity contribution >= 4 is 22.5 Å². The minimum absolute atomic E-state index is 0.391. The topological polar surface area (TPSA) is 28.2 Å². The first kappa shape index (κ1) is 11.9. The number of piperazine rings is 1. The van der Waals surface area contributed by atoms with E-state index in [9.17, 15) is 0 Å². The SMILES string of the molecule is CN1CCNCC1c1ccnc2ccc(Cl)cc12. The summed E-state index contributed by atoms with van der Waals surface area (Å²) >= 11 is 6.11. The van der Waals surface area contributed by atoms with Gasteiger partial charge in [-0.25, -0.2) is 0 Å². The second-order valence-electron chi connectivity index (χ2n) is 4.76. The number of rotatable bonds is 1. The highest BCUT2D eigenvalue weighted by atomic mass is 35.5. The number of halogens is 1. The number of nitrogens with zero attached hydrogens (tertiary/aromatic N) is 2. The predicted octanol–water partition coefficient (Wildman–Crippen LogP) is 2.46. The van der Waals surface area contributed by atoms with Crippen molar-refractivity contribution in [1.29, 1.82) is 0 Å². The van der Waals surface area contributed by atoms with E-state index >= 15 is 0 Å². The highest BCUT2D eigenvalue weighted by Gasteiger charge is 2.22. The molecule has 1 aromatic carbocycles. The Morgan fingerprint density at radius 1 is 1.39 bits per heavy atom. The van der Waals surface area contributed by atoms with Gasteiger partial charge >= 0.3 is 0 Å². The van der Waals surface area contributed by atoms with Gasteiger partial charge in [-0.1, -0.05) is 11.6 Å². The number of hydrogen-bond acceptors (Lipinski definition) is 3. The third-order valence-electron chi connectivity index (χ3n) is 3.61. The summed E-state index contributed by atoms with van der Waals surface area (Å²) in [6.07, 6.45) is 1.88. The molecule has 0 radical (unpaired) electrons. The summed E-state index contributed by atoms with van der Waals surface area (Å²) in [5.74, 6) is 0. The molecule has 2 aromatic rings. The molecule has 1 fully saturated rings. The fourth-order valence-corrected chi connectivity index (χ4v) is 2.76. The maximum Gasteiger partial charge on any atom is 0.0706 e. The van der Waals surface area contributed by atoms with Crippen LogP contribution >= 0.6 is 11.6 Å². The molecule has 2 heterocycles. The van der Waals surface area contributed by atoms with Crippen LogP contribution in [0.3, 0.4) is 0 Å². The molecule has 94 valence electrons. The van der Waals surface area contributed by atoms with Crippen LogP contribution in [0.15, 0.2) is 30.5 Å². The van der Waals surface area contributed by atoms with Crippen molar-refractivity contribution in [2.24, 2.45) is 0 Å². The molecule has 1 aliphatic heterocycles. The van der Waals surface area contributed by atoms with E-state index in [1.807, 2.05) is 24.4 Å². The summed E-state index contributed by atoms with van der Waals surface area (Å²) in [7, 11) is 2.17. The minimum atomic E-state index is 0.391. The van der Waals surface area contributed by atoms with Gasteiger partial charge in [0, 0.05) is 42.3 Å². The number of hydrogen-bond donors (Lipinski definition) is 1. The van der Waals surface area contributed by atoms with Gasteiger partial charge in [0.25, 0.3) is 0 Å². The Morgan fingerprint density at radius 3 is 3.11 bits per heavy atom. The minimum Gasteiger partial charge on any atom is -0.314 e. The zero-order valence-corrected chi connectivity index (χ0v) is 11.1. The summed E-state index contributed by atoms with van der Waals surface area (Å²) < 4.78 is 0. The van der Waals surface area contributed by atoms with Gasteiger partial charge in [-0.3, -0.25) is 9.88 Å². The van der Waals surface area contributed by atoms with Crippen LogP contribution in [0.4, 0.5) is 0 Å². The molecule has 0 saturated carbocycles. The van der Waals surface area contributed by atoms with E-state index in [0.717, 1.165) is 35.6 Å². The van der Waals surface area contributed by atoms with Gasteiger partial charge in [0.15, 0.2) is 0 Å². The lowest BCUT2D eigenvalue weighted by molar-refractivity contribution is 0.203. The van der Waals surface area contributed by atoms with E-state index in [4.69, 9.17) is 11.6 Å². The summed E-state index contributed by atoms with van der Waals surface area (Å²) in [6.45, 7) is 3.09. The van der Waals surface area contributed by atoms with Gasteiger partial charge in [-0.05, 0) is 36.9 Å². The predicted molar refractivity (Wildman–Crippen MR) is 75.0 cm³/mol. The van der Waals surface area contributed by atoms with Gasteiger partial charge in [0.1, 0.15) is 0 Å². The van der Waals surface area contributed by atoms with Gasteiger partial charge in [0.05, 0.1) is 5.52 Å². The standard InChI is InChI=1S/C14H16ClN3/c1-18-7-6-16-9-14(18)11-4-5-17-13-3-2-10(15)8-12(11)13/h2-5,8,14,16H,6-7,9H2,1H3. The molecule has 0 spiro atoms. The van der Waals surface area contributed by atoms with E-state index in [2.05, 4.69) is 28.3 Å². The Labute approximate surface area is 112 Å². The zero-order chi connectivity index (χ0) is 12.5. The van der Waals surface area contributed by atoms with Crippen LogP contribution in [-0.2, 0) is 0 Å². The molecule has 1 saturated heterocycles. The van der Waals surface area contributed by atoms with Crippen molar-refractivity contribution in [3.63, 3.8) is 0 Å². The van der Waals surface area contributed by atoms with Crippen LogP contribution in [0.25, 0.3) is 10.9 Å². The Bertz CT molecular complexity index is 570. The normalized spacial score (nSPS) is 21.3. The lowest BCUT2D eigenvalue weighted by Crippen LogP contribution is -2.43. The Morgan fingerprint density at radius 2 is 2.28 bits per heavy atom. The van der Waals surface area contributed by atoms with Crippen LogP contribution in [0, 0.1) is 0 Å². The third-order valence-corrected chi connectivity index (χ3v) is 3.84. The Kier molecular flexibility index (Phi) is 3.20. The van der Waals surface area contributed by atoms with Gasteiger partial charge in [-0.2, -0.15) is 0 Å². The second-order valence-corrected chi connectivity index (χ2v) is 5.20. The van der Waals surface area contributed by atoms with Crippen molar-refractivity contribution in [1.82, 2.24) is 15.2 Å². The Hall–Kier alpha value is -1.16. The monoisotopic (exact) mass is 261 g/mol. The molecule has 0 aliphatic carbocycles. The Balaban J connectivity index is 2.12. The number of likely N-dealkylation sites (N-methyl/N-ethyl adjacent to an activating group) is 1. The van der Waals surface area contributed by atoms with Gasteiger partial charge in [-0.15, -0.1) is 0 Å². The number of aromatic nitrogens is 1. The van der Waals surface area contributed by atoms with Crippen molar-refractivity contribution in [3.8, 4) is 0 Å². The molecule has 3 rings (SSSR count). The molecule has 3 nitrogen and oxygen atoms in total. The molecular weight excluding hydrogens is 246 g/mol. The lowest BCUT2D eigenvalue weighted by Gasteiger charge is -2.33. The highest BCUT2D eigenvalue weighted by molar-refractivity contribution is 6.31. The fourth-order valence-electron chi connectivity index (χ4n) is 2.58. The van der Waals surface area contributed by atoms with Crippen molar-refractivity contribution in [2.45, 2.75) is 6.04 Å². The molecule has 4 heteroatoms. The third kappa shape index (κ3) is 2.09. The molecule has 1 unspecified atom stereocenters. The molecule has 1 N–H and O–H groups in total. The summed E-state index contributed by atoms with van der Waals surface area (Å²) in [4.78, 5) is 6.79. The number of nitrogens with one attached hydrogen (secondary N) is 1. The van der Waals surface area contributed by atoms with E-state index in [1.54, 1.807) is 0 Å².